The topological polar surface area (TPSA) is 84.9 Å². The molecule has 6 heteroatoms. The minimum absolute atomic E-state index is 0.279. The Hall–Kier alpha value is -2.08. The molecule has 0 bridgehead atoms. The standard InChI is InChI=1S/C15H19NO5/c1-9-3-4-10(7-13(9)20-2)8-16-14(17)11-5-6-12(21-11)15(18)19/h3-4,7,11-12H,5-6,8H2,1-2H3,(H,16,17)(H,18,19)/t11-,12+/m0/s1. The highest BCUT2D eigenvalue weighted by atomic mass is 16.5. The molecule has 1 aromatic carbocycles. The van der Waals surface area contributed by atoms with Crippen molar-refractivity contribution >= 4 is 11.9 Å². The van der Waals surface area contributed by atoms with Crippen molar-refractivity contribution < 1.29 is 24.2 Å². The van der Waals surface area contributed by atoms with Crippen LogP contribution < -0.4 is 10.1 Å². The van der Waals surface area contributed by atoms with E-state index in [0.717, 1.165) is 16.9 Å². The van der Waals surface area contributed by atoms with Gasteiger partial charge in [-0.25, -0.2) is 4.79 Å². The van der Waals surface area contributed by atoms with Crippen LogP contribution in [0.25, 0.3) is 0 Å². The molecule has 1 aromatic rings. The fraction of sp³-hybridized carbons (Fsp3) is 0.467. The zero-order valence-corrected chi connectivity index (χ0v) is 12.1. The molecule has 2 N–H and O–H groups in total. The fourth-order valence-electron chi connectivity index (χ4n) is 2.29. The smallest absolute Gasteiger partial charge is 0.332 e. The van der Waals surface area contributed by atoms with Crippen molar-refractivity contribution in [2.75, 3.05) is 7.11 Å². The Bertz CT molecular complexity index is 543. The summed E-state index contributed by atoms with van der Waals surface area (Å²) in [6.07, 6.45) is -0.759. The molecule has 1 aliphatic heterocycles. The van der Waals surface area contributed by atoms with E-state index < -0.39 is 18.2 Å². The minimum atomic E-state index is -1.02. The van der Waals surface area contributed by atoms with Crippen LogP contribution in [0, 0.1) is 6.92 Å². The predicted octanol–water partition coefficient (Wildman–Crippen LogP) is 1.25. The van der Waals surface area contributed by atoms with Crippen LogP contribution in [0.15, 0.2) is 18.2 Å². The number of aryl methyl sites for hydroxylation is 1. The van der Waals surface area contributed by atoms with Crippen molar-refractivity contribution in [3.05, 3.63) is 29.3 Å². The van der Waals surface area contributed by atoms with Gasteiger partial charge < -0.3 is 19.9 Å². The van der Waals surface area contributed by atoms with Gasteiger partial charge in [-0.05, 0) is 37.0 Å². The van der Waals surface area contributed by atoms with E-state index in [0.29, 0.717) is 19.4 Å². The van der Waals surface area contributed by atoms with Gasteiger partial charge in [-0.15, -0.1) is 0 Å². The largest absolute Gasteiger partial charge is 0.496 e. The molecule has 0 spiro atoms. The van der Waals surface area contributed by atoms with Gasteiger partial charge in [0.05, 0.1) is 7.11 Å². The van der Waals surface area contributed by atoms with E-state index in [1.807, 2.05) is 25.1 Å². The van der Waals surface area contributed by atoms with Crippen molar-refractivity contribution in [1.82, 2.24) is 5.32 Å². The summed E-state index contributed by atoms with van der Waals surface area (Å²) in [6, 6.07) is 5.70. The number of methoxy groups -OCH3 is 1. The van der Waals surface area contributed by atoms with Gasteiger partial charge in [0.1, 0.15) is 11.9 Å². The summed E-state index contributed by atoms with van der Waals surface area (Å²) in [5, 5.41) is 11.6. The quantitative estimate of drug-likeness (QED) is 0.853. The van der Waals surface area contributed by atoms with Gasteiger partial charge in [0.25, 0.3) is 0 Å². The second-order valence-corrected chi connectivity index (χ2v) is 5.05. The molecule has 1 heterocycles. The lowest BCUT2D eigenvalue weighted by molar-refractivity contribution is -0.151. The summed E-state index contributed by atoms with van der Waals surface area (Å²) in [5.41, 5.74) is 1.94. The van der Waals surface area contributed by atoms with Gasteiger partial charge in [0.15, 0.2) is 6.10 Å². The van der Waals surface area contributed by atoms with E-state index in [2.05, 4.69) is 5.32 Å². The number of nitrogens with one attached hydrogen (secondary N) is 1. The summed E-state index contributed by atoms with van der Waals surface area (Å²) in [4.78, 5) is 22.7. The first-order chi connectivity index (χ1) is 10.0. The number of amides is 1. The maximum Gasteiger partial charge on any atom is 0.332 e. The molecule has 0 aliphatic carbocycles. The molecule has 1 saturated heterocycles. The average Bonchev–Trinajstić information content (AvgIpc) is 2.96. The van der Waals surface area contributed by atoms with E-state index in [9.17, 15) is 9.59 Å². The number of ether oxygens (including phenoxy) is 2. The van der Waals surface area contributed by atoms with Crippen molar-refractivity contribution in [2.45, 2.75) is 38.5 Å². The second kappa shape index (κ2) is 6.58. The van der Waals surface area contributed by atoms with Crippen molar-refractivity contribution in [2.24, 2.45) is 0 Å². The molecule has 1 amide bonds. The van der Waals surface area contributed by atoms with Crippen molar-refractivity contribution in [1.29, 1.82) is 0 Å². The van der Waals surface area contributed by atoms with Crippen LogP contribution in [0.5, 0.6) is 5.75 Å². The average molecular weight is 293 g/mol. The highest BCUT2D eigenvalue weighted by Gasteiger charge is 2.34. The molecule has 2 rings (SSSR count). The number of rotatable bonds is 5. The molecule has 1 aliphatic rings. The third-order valence-corrected chi connectivity index (χ3v) is 3.53. The maximum atomic E-state index is 11.9. The van der Waals surface area contributed by atoms with Crippen molar-refractivity contribution in [3.63, 3.8) is 0 Å². The number of hydrogen-bond acceptors (Lipinski definition) is 4. The number of carbonyl (C=O) groups excluding carboxylic acids is 1. The van der Waals surface area contributed by atoms with E-state index >= 15 is 0 Å². The summed E-state index contributed by atoms with van der Waals surface area (Å²) in [5.74, 6) is -0.531. The zero-order chi connectivity index (χ0) is 15.4. The van der Waals surface area contributed by atoms with Gasteiger partial charge in [0.2, 0.25) is 5.91 Å². The van der Waals surface area contributed by atoms with Crippen LogP contribution >= 0.6 is 0 Å². The summed E-state index contributed by atoms with van der Waals surface area (Å²) in [6.45, 7) is 2.30. The number of carboxylic acids is 1. The molecule has 0 aromatic heterocycles. The second-order valence-electron chi connectivity index (χ2n) is 5.05. The van der Waals surface area contributed by atoms with Crippen LogP contribution in [0.2, 0.25) is 0 Å². The first kappa shape index (κ1) is 15.3. The highest BCUT2D eigenvalue weighted by Crippen LogP contribution is 2.21. The Morgan fingerprint density at radius 2 is 2.10 bits per heavy atom. The Kier molecular flexibility index (Phi) is 4.80. The monoisotopic (exact) mass is 293 g/mol. The normalized spacial score (nSPS) is 21.0. The lowest BCUT2D eigenvalue weighted by Crippen LogP contribution is -2.35. The van der Waals surface area contributed by atoms with E-state index in [-0.39, 0.29) is 5.91 Å². The number of aliphatic carboxylic acids is 1. The van der Waals surface area contributed by atoms with Crippen LogP contribution in [-0.4, -0.2) is 36.3 Å². The minimum Gasteiger partial charge on any atom is -0.496 e. The Morgan fingerprint density at radius 3 is 2.71 bits per heavy atom. The van der Waals surface area contributed by atoms with E-state index in [1.54, 1.807) is 7.11 Å². The Morgan fingerprint density at radius 1 is 1.38 bits per heavy atom. The Labute approximate surface area is 123 Å². The lowest BCUT2D eigenvalue weighted by atomic mass is 10.1. The molecule has 2 atom stereocenters. The van der Waals surface area contributed by atoms with Crippen LogP contribution in [-0.2, 0) is 20.9 Å². The van der Waals surface area contributed by atoms with Crippen LogP contribution in [0.3, 0.4) is 0 Å². The van der Waals surface area contributed by atoms with Gasteiger partial charge in [0, 0.05) is 6.54 Å². The van der Waals surface area contributed by atoms with E-state index in [4.69, 9.17) is 14.6 Å². The molecule has 0 radical (unpaired) electrons. The van der Waals surface area contributed by atoms with Crippen molar-refractivity contribution in [3.8, 4) is 5.75 Å². The molecule has 1 fully saturated rings. The lowest BCUT2D eigenvalue weighted by Gasteiger charge is -2.13. The third kappa shape index (κ3) is 3.72. The van der Waals surface area contributed by atoms with Crippen LogP contribution in [0.4, 0.5) is 0 Å². The van der Waals surface area contributed by atoms with Gasteiger partial charge >= 0.3 is 5.97 Å². The molecule has 0 unspecified atom stereocenters. The molecule has 114 valence electrons. The number of hydrogen-bond donors (Lipinski definition) is 2. The number of benzene rings is 1. The highest BCUT2D eigenvalue weighted by molar-refractivity contribution is 5.82. The molecule has 21 heavy (non-hydrogen) atoms. The number of carbonyl (C=O) groups is 2. The van der Waals surface area contributed by atoms with Gasteiger partial charge in [-0.2, -0.15) is 0 Å². The number of carboxylic acid groups (broad SMARTS) is 1. The summed E-state index contributed by atoms with van der Waals surface area (Å²) < 4.78 is 10.4. The third-order valence-electron chi connectivity index (χ3n) is 3.53. The summed E-state index contributed by atoms with van der Waals surface area (Å²) in [7, 11) is 1.60. The molecule has 6 nitrogen and oxygen atoms in total. The zero-order valence-electron chi connectivity index (χ0n) is 12.1. The maximum absolute atomic E-state index is 11.9. The SMILES string of the molecule is COc1cc(CNC(=O)[C@@H]2CC[C@H](C(=O)O)O2)ccc1C. The molecular formula is C15H19NO5. The summed E-state index contributed by atoms with van der Waals surface area (Å²) >= 11 is 0. The van der Waals surface area contributed by atoms with Gasteiger partial charge in [-0.1, -0.05) is 12.1 Å². The van der Waals surface area contributed by atoms with Crippen LogP contribution in [0.1, 0.15) is 24.0 Å². The van der Waals surface area contributed by atoms with E-state index in [1.165, 1.54) is 0 Å². The first-order valence-electron chi connectivity index (χ1n) is 6.80. The predicted molar refractivity (Wildman–Crippen MR) is 75.1 cm³/mol. The molecule has 0 saturated carbocycles. The fourth-order valence-corrected chi connectivity index (χ4v) is 2.29. The molecular weight excluding hydrogens is 274 g/mol. The van der Waals surface area contributed by atoms with Gasteiger partial charge in [-0.3, -0.25) is 4.79 Å². The Balaban J connectivity index is 1.88. The first-order valence-corrected chi connectivity index (χ1v) is 6.80.